The summed E-state index contributed by atoms with van der Waals surface area (Å²) in [5, 5.41) is 2.94. The first-order valence-electron chi connectivity index (χ1n) is 6.68. The molecule has 19 heavy (non-hydrogen) atoms. The Morgan fingerprint density at radius 1 is 1.42 bits per heavy atom. The second kappa shape index (κ2) is 8.18. The van der Waals surface area contributed by atoms with Crippen LogP contribution in [0.25, 0.3) is 0 Å². The van der Waals surface area contributed by atoms with Crippen molar-refractivity contribution in [3.8, 4) is 0 Å². The van der Waals surface area contributed by atoms with E-state index in [1.165, 1.54) is 0 Å². The molecule has 1 rings (SSSR count). The summed E-state index contributed by atoms with van der Waals surface area (Å²) in [6.07, 6.45) is 0.954. The van der Waals surface area contributed by atoms with Gasteiger partial charge >= 0.3 is 0 Å². The lowest BCUT2D eigenvalue weighted by Gasteiger charge is -2.20. The number of nitrogens with zero attached hydrogens (tertiary/aromatic N) is 1. The molecule has 1 N–H and O–H groups in total. The molecular weight excluding hydrogens is 260 g/mol. The molecular formula is C15H23ClN2O. The van der Waals surface area contributed by atoms with E-state index in [1.54, 1.807) is 0 Å². The first-order valence-corrected chi connectivity index (χ1v) is 7.21. The van der Waals surface area contributed by atoms with E-state index in [2.05, 4.69) is 31.1 Å². The van der Waals surface area contributed by atoms with Crippen molar-refractivity contribution in [1.82, 2.24) is 10.2 Å². The number of alkyl halides is 1. The number of halogens is 1. The molecule has 0 fully saturated rings. The van der Waals surface area contributed by atoms with Crippen LogP contribution >= 0.6 is 11.6 Å². The average Bonchev–Trinajstić information content (AvgIpc) is 2.42. The van der Waals surface area contributed by atoms with Crippen LogP contribution in [0.4, 0.5) is 0 Å². The third kappa shape index (κ3) is 5.62. The maximum absolute atomic E-state index is 11.9. The standard InChI is InChI=1S/C15H23ClN2O/c1-12(2)18(3)9-5-8-17-15(19)14-7-4-6-13(10-14)11-16/h4,6-7,10,12H,5,8-9,11H2,1-3H3,(H,17,19). The molecule has 0 aliphatic rings. The number of rotatable bonds is 7. The number of amides is 1. The Labute approximate surface area is 120 Å². The third-order valence-electron chi connectivity index (χ3n) is 3.20. The smallest absolute Gasteiger partial charge is 0.251 e. The molecule has 4 heteroatoms. The zero-order chi connectivity index (χ0) is 14.3. The Hall–Kier alpha value is -1.06. The first-order chi connectivity index (χ1) is 9.04. The second-order valence-corrected chi connectivity index (χ2v) is 5.29. The summed E-state index contributed by atoms with van der Waals surface area (Å²) in [5.41, 5.74) is 1.64. The van der Waals surface area contributed by atoms with Crippen molar-refractivity contribution in [1.29, 1.82) is 0 Å². The van der Waals surface area contributed by atoms with Crippen LogP contribution in [0.1, 0.15) is 36.2 Å². The van der Waals surface area contributed by atoms with E-state index in [-0.39, 0.29) is 5.91 Å². The van der Waals surface area contributed by atoms with Gasteiger partial charge in [0.1, 0.15) is 0 Å². The van der Waals surface area contributed by atoms with Crippen molar-refractivity contribution in [3.05, 3.63) is 35.4 Å². The summed E-state index contributed by atoms with van der Waals surface area (Å²) in [6.45, 7) is 6.01. The van der Waals surface area contributed by atoms with Gasteiger partial charge in [-0.3, -0.25) is 4.79 Å². The molecule has 0 aliphatic heterocycles. The van der Waals surface area contributed by atoms with E-state index < -0.39 is 0 Å². The lowest BCUT2D eigenvalue weighted by molar-refractivity contribution is 0.0951. The molecule has 0 heterocycles. The maximum atomic E-state index is 11.9. The highest BCUT2D eigenvalue weighted by molar-refractivity contribution is 6.17. The topological polar surface area (TPSA) is 32.3 Å². The fraction of sp³-hybridized carbons (Fsp3) is 0.533. The molecule has 0 bridgehead atoms. The van der Waals surface area contributed by atoms with Gasteiger partial charge in [-0.05, 0) is 51.6 Å². The highest BCUT2D eigenvalue weighted by atomic mass is 35.5. The van der Waals surface area contributed by atoms with Crippen LogP contribution in [0.3, 0.4) is 0 Å². The maximum Gasteiger partial charge on any atom is 0.251 e. The van der Waals surface area contributed by atoms with Gasteiger partial charge in [0.05, 0.1) is 0 Å². The van der Waals surface area contributed by atoms with Gasteiger partial charge in [0.15, 0.2) is 0 Å². The van der Waals surface area contributed by atoms with Crippen LogP contribution < -0.4 is 5.32 Å². The molecule has 3 nitrogen and oxygen atoms in total. The molecule has 0 spiro atoms. The monoisotopic (exact) mass is 282 g/mol. The highest BCUT2D eigenvalue weighted by Gasteiger charge is 2.06. The number of hydrogen-bond acceptors (Lipinski definition) is 2. The van der Waals surface area contributed by atoms with Crippen molar-refractivity contribution in [2.24, 2.45) is 0 Å². The molecule has 0 saturated carbocycles. The van der Waals surface area contributed by atoms with Crippen LogP contribution in [-0.4, -0.2) is 37.0 Å². The molecule has 0 aliphatic carbocycles. The van der Waals surface area contributed by atoms with Crippen molar-refractivity contribution >= 4 is 17.5 Å². The van der Waals surface area contributed by atoms with Gasteiger partial charge in [-0.25, -0.2) is 0 Å². The SMILES string of the molecule is CC(C)N(C)CCCNC(=O)c1cccc(CCl)c1. The van der Waals surface area contributed by atoms with Crippen LogP contribution in [0.5, 0.6) is 0 Å². The Kier molecular flexibility index (Phi) is 6.89. The fourth-order valence-corrected chi connectivity index (χ4v) is 1.85. The van der Waals surface area contributed by atoms with Crippen molar-refractivity contribution < 1.29 is 4.79 Å². The van der Waals surface area contributed by atoms with Crippen molar-refractivity contribution in [3.63, 3.8) is 0 Å². The third-order valence-corrected chi connectivity index (χ3v) is 3.51. The number of carbonyl (C=O) groups excluding carboxylic acids is 1. The first kappa shape index (κ1) is 16.0. The van der Waals surface area contributed by atoms with E-state index in [4.69, 9.17) is 11.6 Å². The predicted octanol–water partition coefficient (Wildman–Crippen LogP) is 2.89. The molecule has 1 aromatic carbocycles. The van der Waals surface area contributed by atoms with Gasteiger partial charge in [-0.15, -0.1) is 11.6 Å². The summed E-state index contributed by atoms with van der Waals surface area (Å²) in [7, 11) is 2.09. The van der Waals surface area contributed by atoms with Crippen molar-refractivity contribution in [2.45, 2.75) is 32.2 Å². The van der Waals surface area contributed by atoms with E-state index in [0.29, 0.717) is 24.0 Å². The largest absolute Gasteiger partial charge is 0.352 e. The molecule has 0 radical (unpaired) electrons. The number of hydrogen-bond donors (Lipinski definition) is 1. The van der Waals surface area contributed by atoms with Crippen LogP contribution in [0, 0.1) is 0 Å². The minimum atomic E-state index is -0.0285. The van der Waals surface area contributed by atoms with E-state index >= 15 is 0 Å². The van der Waals surface area contributed by atoms with Crippen LogP contribution in [0.2, 0.25) is 0 Å². The molecule has 0 saturated heterocycles. The Morgan fingerprint density at radius 2 is 2.16 bits per heavy atom. The van der Waals surface area contributed by atoms with Gasteiger partial charge in [0, 0.05) is 24.0 Å². The van der Waals surface area contributed by atoms with Gasteiger partial charge in [-0.1, -0.05) is 12.1 Å². The average molecular weight is 283 g/mol. The zero-order valence-corrected chi connectivity index (χ0v) is 12.7. The minimum Gasteiger partial charge on any atom is -0.352 e. The highest BCUT2D eigenvalue weighted by Crippen LogP contribution is 2.07. The van der Waals surface area contributed by atoms with Gasteiger partial charge in [0.25, 0.3) is 5.91 Å². The van der Waals surface area contributed by atoms with E-state index in [0.717, 1.165) is 18.5 Å². The summed E-state index contributed by atoms with van der Waals surface area (Å²) in [6, 6.07) is 7.96. The summed E-state index contributed by atoms with van der Waals surface area (Å²) >= 11 is 5.76. The lowest BCUT2D eigenvalue weighted by Crippen LogP contribution is -2.31. The normalized spacial score (nSPS) is 11.1. The summed E-state index contributed by atoms with van der Waals surface area (Å²) in [4.78, 5) is 14.2. The molecule has 1 amide bonds. The summed E-state index contributed by atoms with van der Waals surface area (Å²) < 4.78 is 0. The Bertz CT molecular complexity index is 407. The Morgan fingerprint density at radius 3 is 2.79 bits per heavy atom. The molecule has 106 valence electrons. The minimum absolute atomic E-state index is 0.0285. The molecule has 0 atom stereocenters. The Balaban J connectivity index is 2.35. The zero-order valence-electron chi connectivity index (χ0n) is 11.9. The second-order valence-electron chi connectivity index (χ2n) is 5.02. The van der Waals surface area contributed by atoms with E-state index in [1.807, 2.05) is 24.3 Å². The van der Waals surface area contributed by atoms with Crippen LogP contribution in [0.15, 0.2) is 24.3 Å². The van der Waals surface area contributed by atoms with Gasteiger partial charge in [-0.2, -0.15) is 0 Å². The number of benzene rings is 1. The number of nitrogens with one attached hydrogen (secondary N) is 1. The molecule has 1 aromatic rings. The predicted molar refractivity (Wildman–Crippen MR) is 80.7 cm³/mol. The van der Waals surface area contributed by atoms with E-state index in [9.17, 15) is 4.79 Å². The van der Waals surface area contributed by atoms with Crippen LogP contribution in [-0.2, 0) is 5.88 Å². The fourth-order valence-electron chi connectivity index (χ4n) is 1.69. The lowest BCUT2D eigenvalue weighted by atomic mass is 10.1. The van der Waals surface area contributed by atoms with Crippen molar-refractivity contribution in [2.75, 3.05) is 20.1 Å². The quantitative estimate of drug-likeness (QED) is 0.616. The summed E-state index contributed by atoms with van der Waals surface area (Å²) in [5.74, 6) is 0.402. The number of carbonyl (C=O) groups is 1. The molecule has 0 unspecified atom stereocenters. The molecule has 0 aromatic heterocycles. The van der Waals surface area contributed by atoms with Gasteiger partial charge < -0.3 is 10.2 Å². The van der Waals surface area contributed by atoms with Gasteiger partial charge in [0.2, 0.25) is 0 Å².